The van der Waals surface area contributed by atoms with Crippen molar-refractivity contribution in [1.29, 1.82) is 0 Å². The van der Waals surface area contributed by atoms with Crippen molar-refractivity contribution in [3.63, 3.8) is 0 Å². The van der Waals surface area contributed by atoms with Crippen molar-refractivity contribution in [3.05, 3.63) is 77.5 Å². The molecule has 6 nitrogen and oxygen atoms in total. The zero-order valence-corrected chi connectivity index (χ0v) is 19.7. The number of allylic oxidation sites excluding steroid dienone is 1. The summed E-state index contributed by atoms with van der Waals surface area (Å²) in [6, 6.07) is 19.1. The molecule has 2 unspecified atom stereocenters. The highest BCUT2D eigenvalue weighted by Gasteiger charge is 2.55. The fourth-order valence-electron chi connectivity index (χ4n) is 4.50. The fraction of sp³-hybridized carbons (Fsp3) is 0.360. The van der Waals surface area contributed by atoms with E-state index >= 15 is 0 Å². The third-order valence-electron chi connectivity index (χ3n) is 5.72. The van der Waals surface area contributed by atoms with E-state index in [1.54, 1.807) is 6.92 Å². The van der Waals surface area contributed by atoms with Gasteiger partial charge in [0.05, 0.1) is 29.7 Å². The van der Waals surface area contributed by atoms with Gasteiger partial charge in [0.2, 0.25) is 5.85 Å². The van der Waals surface area contributed by atoms with Crippen molar-refractivity contribution < 1.29 is 14.6 Å². The molecule has 2 aromatic carbocycles. The topological polar surface area (TPSA) is 65.4 Å². The molecule has 32 heavy (non-hydrogen) atoms. The maximum Gasteiger partial charge on any atom is 0.338 e. The Labute approximate surface area is 193 Å². The molecule has 2 aromatic rings. The number of nitrogens with zero attached hydrogens (tertiary/aromatic N) is 3. The first-order valence-electron chi connectivity index (χ1n) is 10.9. The largest absolute Gasteiger partial charge is 0.463 e. The van der Waals surface area contributed by atoms with Crippen molar-refractivity contribution in [2.45, 2.75) is 45.6 Å². The summed E-state index contributed by atoms with van der Waals surface area (Å²) in [6.45, 7) is 8.01. The molecular formula is C25H29N3O3S. The number of hydrogen-bond donors (Lipinski definition) is 1. The Bertz CT molecular complexity index is 1040. The molecule has 0 bridgehead atoms. The van der Waals surface area contributed by atoms with E-state index in [0.29, 0.717) is 22.2 Å². The van der Waals surface area contributed by atoms with E-state index in [1.165, 1.54) is 11.8 Å². The number of thioether (sulfide) groups is 1. The first-order valence-corrected chi connectivity index (χ1v) is 11.9. The van der Waals surface area contributed by atoms with Crippen LogP contribution < -0.4 is 4.90 Å². The Morgan fingerprint density at radius 2 is 1.84 bits per heavy atom. The molecule has 4 rings (SSSR count). The van der Waals surface area contributed by atoms with Crippen molar-refractivity contribution in [1.82, 2.24) is 4.90 Å². The van der Waals surface area contributed by atoms with E-state index in [2.05, 4.69) is 13.8 Å². The number of para-hydroxylation sites is 1. The Kier molecular flexibility index (Phi) is 6.31. The number of esters is 1. The lowest BCUT2D eigenvalue weighted by Crippen LogP contribution is -2.64. The van der Waals surface area contributed by atoms with Crippen LogP contribution in [0.5, 0.6) is 0 Å². The summed E-state index contributed by atoms with van der Waals surface area (Å²) in [5.74, 6) is -1.40. The smallest absolute Gasteiger partial charge is 0.338 e. The van der Waals surface area contributed by atoms with Gasteiger partial charge in [-0.1, -0.05) is 60.3 Å². The van der Waals surface area contributed by atoms with Gasteiger partial charge in [0.1, 0.15) is 0 Å². The maximum absolute atomic E-state index is 13.1. The monoisotopic (exact) mass is 451 g/mol. The van der Waals surface area contributed by atoms with Crippen LogP contribution >= 0.6 is 11.8 Å². The van der Waals surface area contributed by atoms with Gasteiger partial charge in [0.15, 0.2) is 5.17 Å². The van der Waals surface area contributed by atoms with E-state index in [1.807, 2.05) is 77.4 Å². The van der Waals surface area contributed by atoms with E-state index in [9.17, 15) is 9.90 Å². The first-order chi connectivity index (χ1) is 15.4. The number of benzene rings is 2. The minimum absolute atomic E-state index is 0.00294. The Morgan fingerprint density at radius 3 is 2.44 bits per heavy atom. The minimum atomic E-state index is -1.39. The highest BCUT2D eigenvalue weighted by atomic mass is 32.2. The van der Waals surface area contributed by atoms with E-state index in [4.69, 9.17) is 9.73 Å². The Morgan fingerprint density at radius 1 is 1.22 bits per heavy atom. The van der Waals surface area contributed by atoms with Crippen LogP contribution in [0, 0.1) is 0 Å². The number of aliphatic hydroxyl groups is 1. The van der Waals surface area contributed by atoms with Crippen LogP contribution in [0.3, 0.4) is 0 Å². The molecule has 2 atom stereocenters. The number of carbonyl (C=O) groups is 1. The van der Waals surface area contributed by atoms with Crippen LogP contribution in [0.2, 0.25) is 0 Å². The molecule has 1 saturated heterocycles. The molecule has 0 aromatic heterocycles. The molecule has 0 amide bonds. The van der Waals surface area contributed by atoms with Gasteiger partial charge >= 0.3 is 5.97 Å². The van der Waals surface area contributed by atoms with Gasteiger partial charge in [-0.15, -0.1) is 0 Å². The van der Waals surface area contributed by atoms with Gasteiger partial charge in [-0.2, -0.15) is 0 Å². The van der Waals surface area contributed by atoms with E-state index in [0.717, 1.165) is 11.3 Å². The normalized spacial score (nSPS) is 22.6. The zero-order chi connectivity index (χ0) is 22.9. The standard InChI is InChI=1S/C25H29N3O3S/c1-5-31-23(29)21-18(4)26-24-28(22(21)19-12-8-6-9-13-19)25(30,16-32-24)27(17(2)3)20-14-10-7-11-15-20/h6-15,17,22,30H,5,16H2,1-4H3. The molecule has 0 aliphatic carbocycles. The van der Waals surface area contributed by atoms with Crippen LogP contribution in [0.4, 0.5) is 5.69 Å². The van der Waals surface area contributed by atoms with Gasteiger partial charge in [-0.25, -0.2) is 9.79 Å². The van der Waals surface area contributed by atoms with Gasteiger partial charge < -0.3 is 14.7 Å². The average molecular weight is 452 g/mol. The van der Waals surface area contributed by atoms with Crippen molar-refractivity contribution in [3.8, 4) is 0 Å². The Hall–Kier alpha value is -2.77. The summed E-state index contributed by atoms with van der Waals surface area (Å²) < 4.78 is 5.42. The van der Waals surface area contributed by atoms with Crippen LogP contribution in [0.15, 0.2) is 76.9 Å². The third kappa shape index (κ3) is 3.80. The van der Waals surface area contributed by atoms with Crippen molar-refractivity contribution in [2.75, 3.05) is 17.3 Å². The molecular weight excluding hydrogens is 422 g/mol. The van der Waals surface area contributed by atoms with Gasteiger partial charge in [-0.05, 0) is 45.4 Å². The predicted molar refractivity (Wildman–Crippen MR) is 129 cm³/mol. The van der Waals surface area contributed by atoms with Gasteiger partial charge in [0.25, 0.3) is 0 Å². The number of anilines is 1. The van der Waals surface area contributed by atoms with E-state index < -0.39 is 17.9 Å². The maximum atomic E-state index is 13.1. The van der Waals surface area contributed by atoms with Crippen LogP contribution in [0.25, 0.3) is 0 Å². The summed E-state index contributed by atoms with van der Waals surface area (Å²) in [5, 5.41) is 13.0. The molecule has 2 aliphatic heterocycles. The van der Waals surface area contributed by atoms with Crippen molar-refractivity contribution >= 4 is 28.6 Å². The second-order valence-electron chi connectivity index (χ2n) is 8.16. The molecule has 0 spiro atoms. The van der Waals surface area contributed by atoms with Gasteiger partial charge in [-0.3, -0.25) is 4.90 Å². The van der Waals surface area contributed by atoms with Crippen LogP contribution in [0.1, 0.15) is 39.3 Å². The van der Waals surface area contributed by atoms with Crippen LogP contribution in [-0.2, 0) is 9.53 Å². The Balaban J connectivity index is 1.89. The van der Waals surface area contributed by atoms with Crippen LogP contribution in [-0.4, -0.2) is 45.4 Å². The predicted octanol–water partition coefficient (Wildman–Crippen LogP) is 4.54. The highest BCUT2D eigenvalue weighted by molar-refractivity contribution is 8.14. The molecule has 0 radical (unpaired) electrons. The molecule has 1 fully saturated rings. The second kappa shape index (κ2) is 9.00. The molecule has 0 saturated carbocycles. The summed E-state index contributed by atoms with van der Waals surface area (Å²) in [4.78, 5) is 21.7. The molecule has 2 aliphatic rings. The zero-order valence-electron chi connectivity index (χ0n) is 18.9. The average Bonchev–Trinajstić information content (AvgIpc) is 3.10. The number of carbonyl (C=O) groups excluding carboxylic acids is 1. The number of aliphatic imine (C=N–C) groups is 1. The fourth-order valence-corrected chi connectivity index (χ4v) is 5.69. The van der Waals surface area contributed by atoms with Crippen molar-refractivity contribution in [2.24, 2.45) is 4.99 Å². The number of amidine groups is 1. The second-order valence-corrected chi connectivity index (χ2v) is 9.10. The number of ether oxygens (including phenoxy) is 1. The van der Waals surface area contributed by atoms with E-state index in [-0.39, 0.29) is 12.6 Å². The molecule has 2 heterocycles. The summed E-state index contributed by atoms with van der Waals surface area (Å²) in [5.41, 5.74) is 2.89. The first kappa shape index (κ1) is 22.4. The molecule has 168 valence electrons. The number of fused-ring (bicyclic) bond motifs is 1. The minimum Gasteiger partial charge on any atom is -0.463 e. The number of rotatable bonds is 6. The number of hydrogen-bond acceptors (Lipinski definition) is 7. The molecule has 1 N–H and O–H groups in total. The quantitative estimate of drug-likeness (QED) is 0.514. The lowest BCUT2D eigenvalue weighted by Gasteiger charge is -2.50. The third-order valence-corrected chi connectivity index (χ3v) is 6.80. The summed E-state index contributed by atoms with van der Waals surface area (Å²) >= 11 is 1.50. The molecule has 7 heteroatoms. The van der Waals surface area contributed by atoms with Gasteiger partial charge in [0, 0.05) is 11.7 Å². The summed E-state index contributed by atoms with van der Waals surface area (Å²) in [6.07, 6.45) is 0. The lowest BCUT2D eigenvalue weighted by atomic mass is 9.93. The lowest BCUT2D eigenvalue weighted by molar-refractivity contribution is -0.140. The SMILES string of the molecule is CCOC(=O)C1=C(C)N=C2SCC(O)(N(c3ccccc3)C(C)C)N2C1c1ccccc1. The highest BCUT2D eigenvalue weighted by Crippen LogP contribution is 2.48. The summed E-state index contributed by atoms with van der Waals surface area (Å²) in [7, 11) is 0.